The Labute approximate surface area is 191 Å². The van der Waals surface area contributed by atoms with Crippen molar-refractivity contribution in [3.05, 3.63) is 86.6 Å². The Hall–Kier alpha value is -3.66. The molecule has 1 aliphatic rings. The summed E-state index contributed by atoms with van der Waals surface area (Å²) in [6, 6.07) is 13.8. The van der Waals surface area contributed by atoms with Crippen LogP contribution in [0.5, 0.6) is 0 Å². The van der Waals surface area contributed by atoms with Gasteiger partial charge in [-0.25, -0.2) is 9.78 Å². The molecular weight excluding hydrogens is 449 g/mol. The lowest BCUT2D eigenvalue weighted by molar-refractivity contribution is -0.137. The Morgan fingerprint density at radius 2 is 1.76 bits per heavy atom. The molecule has 1 fully saturated rings. The van der Waals surface area contributed by atoms with Gasteiger partial charge in [0.1, 0.15) is 5.82 Å². The summed E-state index contributed by atoms with van der Waals surface area (Å²) in [5.74, 6) is 0.303. The number of nitrogens with zero attached hydrogens (tertiary/aromatic N) is 3. The van der Waals surface area contributed by atoms with Gasteiger partial charge in [-0.2, -0.15) is 13.2 Å². The number of imidazole rings is 1. The minimum atomic E-state index is -4.47. The van der Waals surface area contributed by atoms with Gasteiger partial charge < -0.3 is 9.30 Å². The number of nitrogens with one attached hydrogen (secondary N) is 1. The minimum Gasteiger partial charge on any atom is -0.376 e. The highest BCUT2D eigenvalue weighted by Crippen LogP contribution is 2.32. The van der Waals surface area contributed by atoms with E-state index in [9.17, 15) is 22.8 Å². The van der Waals surface area contributed by atoms with E-state index in [1.807, 2.05) is 30.3 Å². The summed E-state index contributed by atoms with van der Waals surface area (Å²) in [6.07, 6.45) is -2.97. The average Bonchev–Trinajstić information content (AvgIpc) is 3.45. The molecule has 1 N–H and O–H groups in total. The van der Waals surface area contributed by atoms with Gasteiger partial charge in [-0.1, -0.05) is 42.5 Å². The second-order valence-corrected chi connectivity index (χ2v) is 8.26. The van der Waals surface area contributed by atoms with Crippen LogP contribution in [0.2, 0.25) is 0 Å². The highest BCUT2D eigenvalue weighted by atomic mass is 19.4. The van der Waals surface area contributed by atoms with Gasteiger partial charge in [-0.3, -0.25) is 14.3 Å². The average molecular weight is 470 g/mol. The molecule has 1 saturated heterocycles. The van der Waals surface area contributed by atoms with E-state index < -0.39 is 23.0 Å². The molecule has 0 aliphatic carbocycles. The van der Waals surface area contributed by atoms with Gasteiger partial charge in [0.15, 0.2) is 11.2 Å². The van der Waals surface area contributed by atoms with E-state index in [4.69, 9.17) is 4.74 Å². The molecule has 0 bridgehead atoms. The fraction of sp³-hybridized carbons (Fsp3) is 0.292. The molecule has 7 nitrogen and oxygen atoms in total. The maximum absolute atomic E-state index is 13.1. The zero-order valence-electron chi connectivity index (χ0n) is 18.0. The number of halogens is 3. The summed E-state index contributed by atoms with van der Waals surface area (Å²) in [7, 11) is 0. The van der Waals surface area contributed by atoms with Crippen LogP contribution in [0.3, 0.4) is 0 Å². The summed E-state index contributed by atoms with van der Waals surface area (Å²) < 4.78 is 48.0. The number of aromatic amines is 1. The van der Waals surface area contributed by atoms with Crippen LogP contribution in [0, 0.1) is 0 Å². The fourth-order valence-electron chi connectivity index (χ4n) is 4.28. The van der Waals surface area contributed by atoms with E-state index in [-0.39, 0.29) is 23.8 Å². The zero-order valence-corrected chi connectivity index (χ0v) is 18.0. The molecule has 2 aromatic heterocycles. The number of fused-ring (bicyclic) bond motifs is 1. The van der Waals surface area contributed by atoms with Gasteiger partial charge in [0.25, 0.3) is 5.56 Å². The van der Waals surface area contributed by atoms with Crippen molar-refractivity contribution in [2.45, 2.75) is 38.2 Å². The van der Waals surface area contributed by atoms with Crippen molar-refractivity contribution in [3.8, 4) is 11.4 Å². The Morgan fingerprint density at radius 3 is 2.41 bits per heavy atom. The standard InChI is InChI=1S/C24H21F3N4O3/c25-24(26,27)17-10-8-16(9-11-17)20-28-21-19(30(20)14-18-7-4-12-34-18)22(32)29-23(33)31(21)13-15-5-2-1-3-6-15/h1-3,5-6,8-11,18H,4,7,12-14H2,(H,29,32,33). The lowest BCUT2D eigenvalue weighted by Gasteiger charge is -2.14. The molecule has 1 aliphatic heterocycles. The lowest BCUT2D eigenvalue weighted by atomic mass is 10.1. The first-order valence-corrected chi connectivity index (χ1v) is 10.9. The Balaban J connectivity index is 1.70. The number of aromatic nitrogens is 4. The van der Waals surface area contributed by atoms with Crippen molar-refractivity contribution in [2.75, 3.05) is 6.61 Å². The van der Waals surface area contributed by atoms with Crippen LogP contribution >= 0.6 is 0 Å². The molecule has 0 amide bonds. The monoisotopic (exact) mass is 470 g/mol. The maximum atomic E-state index is 13.1. The number of H-pyrrole nitrogens is 1. The van der Waals surface area contributed by atoms with Gasteiger partial charge >= 0.3 is 11.9 Å². The second-order valence-electron chi connectivity index (χ2n) is 8.26. The summed E-state index contributed by atoms with van der Waals surface area (Å²) in [5.41, 5.74) is -0.402. The molecule has 0 radical (unpaired) electrons. The third-order valence-electron chi connectivity index (χ3n) is 5.95. The molecule has 1 atom stereocenters. The normalized spacial score (nSPS) is 16.4. The predicted molar refractivity (Wildman–Crippen MR) is 120 cm³/mol. The summed E-state index contributed by atoms with van der Waals surface area (Å²) in [5, 5.41) is 0. The Morgan fingerprint density at radius 1 is 1.03 bits per heavy atom. The Kier molecular flexibility index (Phi) is 5.60. The maximum Gasteiger partial charge on any atom is 0.416 e. The smallest absolute Gasteiger partial charge is 0.376 e. The number of alkyl halides is 3. The molecule has 0 spiro atoms. The second kappa shape index (κ2) is 8.60. The summed E-state index contributed by atoms with van der Waals surface area (Å²) >= 11 is 0. The molecule has 5 rings (SSSR count). The number of rotatable bonds is 5. The van der Waals surface area contributed by atoms with Crippen molar-refractivity contribution in [2.24, 2.45) is 0 Å². The molecule has 176 valence electrons. The van der Waals surface area contributed by atoms with E-state index in [1.165, 1.54) is 16.7 Å². The first-order chi connectivity index (χ1) is 16.3. The van der Waals surface area contributed by atoms with Crippen molar-refractivity contribution in [1.29, 1.82) is 0 Å². The minimum absolute atomic E-state index is 0.167. The Bertz CT molecular complexity index is 1430. The lowest BCUT2D eigenvalue weighted by Crippen LogP contribution is -2.32. The molecule has 0 saturated carbocycles. The highest BCUT2D eigenvalue weighted by molar-refractivity contribution is 5.77. The van der Waals surface area contributed by atoms with Crippen LogP contribution in [0.25, 0.3) is 22.6 Å². The van der Waals surface area contributed by atoms with E-state index in [0.29, 0.717) is 24.5 Å². The van der Waals surface area contributed by atoms with Gasteiger partial charge in [0, 0.05) is 12.2 Å². The van der Waals surface area contributed by atoms with Crippen LogP contribution < -0.4 is 11.2 Å². The van der Waals surface area contributed by atoms with E-state index >= 15 is 0 Å². The van der Waals surface area contributed by atoms with E-state index in [0.717, 1.165) is 30.5 Å². The summed E-state index contributed by atoms with van der Waals surface area (Å²) in [6.45, 7) is 1.07. The van der Waals surface area contributed by atoms with Crippen LogP contribution in [0.1, 0.15) is 24.0 Å². The zero-order chi connectivity index (χ0) is 23.9. The largest absolute Gasteiger partial charge is 0.416 e. The number of hydrogen-bond acceptors (Lipinski definition) is 4. The first kappa shape index (κ1) is 22.1. The van der Waals surface area contributed by atoms with Crippen LogP contribution in [0.4, 0.5) is 13.2 Å². The first-order valence-electron chi connectivity index (χ1n) is 10.9. The van der Waals surface area contributed by atoms with Crippen molar-refractivity contribution in [1.82, 2.24) is 19.1 Å². The molecule has 2 aromatic carbocycles. The summed E-state index contributed by atoms with van der Waals surface area (Å²) in [4.78, 5) is 32.6. The SMILES string of the molecule is O=c1[nH]c(=O)n(Cc2ccccc2)c2nc(-c3ccc(C(F)(F)F)cc3)n(CC3CCCO3)c12. The number of ether oxygens (including phenoxy) is 1. The van der Waals surface area contributed by atoms with Crippen LogP contribution in [-0.2, 0) is 24.0 Å². The molecule has 34 heavy (non-hydrogen) atoms. The molecule has 4 aromatic rings. The van der Waals surface area contributed by atoms with Crippen LogP contribution in [0.15, 0.2) is 64.2 Å². The fourth-order valence-corrected chi connectivity index (χ4v) is 4.28. The number of hydrogen-bond donors (Lipinski definition) is 1. The van der Waals surface area contributed by atoms with Gasteiger partial charge in [0.05, 0.1) is 24.8 Å². The molecular formula is C24H21F3N4O3. The third kappa shape index (κ3) is 4.16. The van der Waals surface area contributed by atoms with Crippen LogP contribution in [-0.4, -0.2) is 31.8 Å². The predicted octanol–water partition coefficient (Wildman–Crippen LogP) is 3.80. The van der Waals surface area contributed by atoms with E-state index in [1.54, 1.807) is 4.57 Å². The van der Waals surface area contributed by atoms with Gasteiger partial charge in [0.2, 0.25) is 0 Å². The molecule has 3 heterocycles. The number of benzene rings is 2. The van der Waals surface area contributed by atoms with Gasteiger partial charge in [-0.05, 0) is 30.5 Å². The molecule has 1 unspecified atom stereocenters. The third-order valence-corrected chi connectivity index (χ3v) is 5.95. The topological polar surface area (TPSA) is 81.9 Å². The highest BCUT2D eigenvalue weighted by Gasteiger charge is 2.30. The van der Waals surface area contributed by atoms with Crippen molar-refractivity contribution < 1.29 is 17.9 Å². The quantitative estimate of drug-likeness (QED) is 0.481. The van der Waals surface area contributed by atoms with E-state index in [2.05, 4.69) is 9.97 Å². The molecule has 10 heteroatoms. The van der Waals surface area contributed by atoms with Gasteiger partial charge in [-0.15, -0.1) is 0 Å². The van der Waals surface area contributed by atoms with Crippen molar-refractivity contribution in [3.63, 3.8) is 0 Å². The van der Waals surface area contributed by atoms with Crippen molar-refractivity contribution >= 4 is 11.2 Å².